The summed E-state index contributed by atoms with van der Waals surface area (Å²) in [6, 6.07) is 13.5. The van der Waals surface area contributed by atoms with Crippen molar-refractivity contribution < 1.29 is 0 Å². The van der Waals surface area contributed by atoms with Gasteiger partial charge < -0.3 is 0 Å². The average molecular weight is 238 g/mol. The van der Waals surface area contributed by atoms with Crippen LogP contribution in [0.5, 0.6) is 0 Å². The molecule has 1 aromatic carbocycles. The minimum Gasteiger partial charge on any atom is -0.250 e. The average Bonchev–Trinajstić information content (AvgIpc) is 2.31. The van der Waals surface area contributed by atoms with Gasteiger partial charge in [-0.25, -0.2) is 4.98 Å². The van der Waals surface area contributed by atoms with E-state index in [-0.39, 0.29) is 0 Å². The van der Waals surface area contributed by atoms with Crippen LogP contribution in [-0.4, -0.2) is 4.98 Å². The van der Waals surface area contributed by atoms with Crippen molar-refractivity contribution in [2.24, 2.45) is 0 Å². The van der Waals surface area contributed by atoms with E-state index in [0.717, 1.165) is 17.0 Å². The molecule has 2 rings (SSSR count). The largest absolute Gasteiger partial charge is 0.250 e. The summed E-state index contributed by atoms with van der Waals surface area (Å²) in [5.74, 6) is 0.400. The maximum Gasteiger partial charge on any atom is 0.0891 e. The molecule has 76 valence electrons. The molecule has 0 aliphatic heterocycles. The van der Waals surface area contributed by atoms with Crippen molar-refractivity contribution in [1.29, 1.82) is 0 Å². The first-order valence-corrected chi connectivity index (χ1v) is 5.49. The van der Waals surface area contributed by atoms with E-state index in [9.17, 15) is 0 Å². The van der Waals surface area contributed by atoms with Crippen LogP contribution in [0, 0.1) is 0 Å². The fourth-order valence-corrected chi connectivity index (χ4v) is 1.72. The van der Waals surface area contributed by atoms with E-state index in [1.165, 1.54) is 0 Å². The highest BCUT2D eigenvalue weighted by molar-refractivity contribution is 6.33. The van der Waals surface area contributed by atoms with E-state index in [4.69, 9.17) is 23.2 Å². The summed E-state index contributed by atoms with van der Waals surface area (Å²) in [6.07, 6.45) is 0. The summed E-state index contributed by atoms with van der Waals surface area (Å²) in [7, 11) is 0. The van der Waals surface area contributed by atoms with E-state index < -0.39 is 0 Å². The lowest BCUT2D eigenvalue weighted by molar-refractivity contribution is 1.17. The Kier molecular flexibility index (Phi) is 3.24. The van der Waals surface area contributed by atoms with Crippen molar-refractivity contribution in [2.75, 3.05) is 0 Å². The zero-order valence-electron chi connectivity index (χ0n) is 7.95. The Morgan fingerprint density at radius 1 is 1.00 bits per heavy atom. The van der Waals surface area contributed by atoms with E-state index in [0.29, 0.717) is 10.9 Å². The zero-order chi connectivity index (χ0) is 10.7. The van der Waals surface area contributed by atoms with Gasteiger partial charge >= 0.3 is 0 Å². The summed E-state index contributed by atoms with van der Waals surface area (Å²) < 4.78 is 0. The lowest BCUT2D eigenvalue weighted by Crippen LogP contribution is -1.90. The number of halogens is 2. The van der Waals surface area contributed by atoms with Crippen LogP contribution in [0.2, 0.25) is 5.02 Å². The second-order valence-electron chi connectivity index (χ2n) is 3.13. The van der Waals surface area contributed by atoms with Gasteiger partial charge in [-0.2, -0.15) is 0 Å². The molecule has 0 unspecified atom stereocenters. The first kappa shape index (κ1) is 10.5. The highest BCUT2D eigenvalue weighted by atomic mass is 35.5. The van der Waals surface area contributed by atoms with Crippen molar-refractivity contribution in [3.05, 3.63) is 53.2 Å². The first-order chi connectivity index (χ1) is 7.31. The molecular formula is C12H9Cl2N. The number of aromatic nitrogens is 1. The van der Waals surface area contributed by atoms with Gasteiger partial charge in [0.15, 0.2) is 0 Å². The Morgan fingerprint density at radius 3 is 2.40 bits per heavy atom. The molecule has 2 aromatic rings. The Bertz CT molecular complexity index is 454. The van der Waals surface area contributed by atoms with E-state index >= 15 is 0 Å². The third kappa shape index (κ3) is 2.31. The number of benzene rings is 1. The number of alkyl halides is 1. The van der Waals surface area contributed by atoms with Crippen molar-refractivity contribution >= 4 is 23.2 Å². The van der Waals surface area contributed by atoms with Gasteiger partial charge in [0, 0.05) is 5.56 Å². The molecule has 0 fully saturated rings. The SMILES string of the molecule is ClCc1ccc(Cl)c(-c2ccccc2)n1. The molecule has 0 saturated carbocycles. The monoisotopic (exact) mass is 237 g/mol. The van der Waals surface area contributed by atoms with E-state index in [1.54, 1.807) is 0 Å². The Morgan fingerprint density at radius 2 is 1.73 bits per heavy atom. The first-order valence-electron chi connectivity index (χ1n) is 4.58. The maximum absolute atomic E-state index is 6.08. The molecule has 0 spiro atoms. The highest BCUT2D eigenvalue weighted by Crippen LogP contribution is 2.25. The van der Waals surface area contributed by atoms with Crippen LogP contribution in [0.3, 0.4) is 0 Å². The van der Waals surface area contributed by atoms with Gasteiger partial charge in [-0.05, 0) is 12.1 Å². The molecule has 15 heavy (non-hydrogen) atoms. The number of rotatable bonds is 2. The minimum absolute atomic E-state index is 0.400. The van der Waals surface area contributed by atoms with Gasteiger partial charge in [0.1, 0.15) is 0 Å². The summed E-state index contributed by atoms with van der Waals surface area (Å²) in [5.41, 5.74) is 2.63. The Labute approximate surface area is 98.7 Å². The van der Waals surface area contributed by atoms with Gasteiger partial charge in [-0.1, -0.05) is 41.9 Å². The standard InChI is InChI=1S/C12H9Cl2N/c13-8-10-6-7-11(14)12(15-10)9-4-2-1-3-5-9/h1-7H,8H2. The molecule has 0 N–H and O–H groups in total. The number of nitrogens with zero attached hydrogens (tertiary/aromatic N) is 1. The van der Waals surface area contributed by atoms with Crippen LogP contribution in [0.25, 0.3) is 11.3 Å². The third-order valence-electron chi connectivity index (χ3n) is 2.09. The number of hydrogen-bond acceptors (Lipinski definition) is 1. The van der Waals surface area contributed by atoms with Crippen LogP contribution in [0.4, 0.5) is 0 Å². The van der Waals surface area contributed by atoms with Gasteiger partial charge in [-0.15, -0.1) is 11.6 Å². The van der Waals surface area contributed by atoms with Gasteiger partial charge in [0.2, 0.25) is 0 Å². The molecule has 1 nitrogen and oxygen atoms in total. The van der Waals surface area contributed by atoms with Crippen LogP contribution in [-0.2, 0) is 5.88 Å². The third-order valence-corrected chi connectivity index (χ3v) is 2.67. The fraction of sp³-hybridized carbons (Fsp3) is 0.0833. The molecule has 0 saturated heterocycles. The molecule has 0 aliphatic carbocycles. The van der Waals surface area contributed by atoms with Gasteiger partial charge in [0.25, 0.3) is 0 Å². The van der Waals surface area contributed by atoms with E-state index in [2.05, 4.69) is 4.98 Å². The zero-order valence-corrected chi connectivity index (χ0v) is 9.46. The maximum atomic E-state index is 6.08. The summed E-state index contributed by atoms with van der Waals surface area (Å²) in [6.45, 7) is 0. The number of hydrogen-bond donors (Lipinski definition) is 0. The normalized spacial score (nSPS) is 10.3. The van der Waals surface area contributed by atoms with E-state index in [1.807, 2.05) is 42.5 Å². The van der Waals surface area contributed by atoms with Crippen LogP contribution < -0.4 is 0 Å². The molecule has 0 radical (unpaired) electrons. The lowest BCUT2D eigenvalue weighted by atomic mass is 10.1. The Balaban J connectivity index is 2.52. The molecule has 3 heteroatoms. The number of pyridine rings is 1. The lowest BCUT2D eigenvalue weighted by Gasteiger charge is -2.04. The van der Waals surface area contributed by atoms with Crippen molar-refractivity contribution in [3.63, 3.8) is 0 Å². The van der Waals surface area contributed by atoms with Crippen LogP contribution in [0.15, 0.2) is 42.5 Å². The molecule has 0 aliphatic rings. The molecule has 0 amide bonds. The fourth-order valence-electron chi connectivity index (χ4n) is 1.36. The van der Waals surface area contributed by atoms with Crippen LogP contribution in [0.1, 0.15) is 5.69 Å². The summed E-state index contributed by atoms with van der Waals surface area (Å²) >= 11 is 11.8. The second kappa shape index (κ2) is 4.65. The highest BCUT2D eigenvalue weighted by Gasteiger charge is 2.05. The smallest absolute Gasteiger partial charge is 0.0891 e. The van der Waals surface area contributed by atoms with Crippen LogP contribution >= 0.6 is 23.2 Å². The quantitative estimate of drug-likeness (QED) is 0.716. The molecular weight excluding hydrogens is 229 g/mol. The Hall–Kier alpha value is -1.05. The van der Waals surface area contributed by atoms with Gasteiger partial charge in [0.05, 0.1) is 22.3 Å². The molecule has 1 heterocycles. The summed E-state index contributed by atoms with van der Waals surface area (Å²) in [4.78, 5) is 4.40. The van der Waals surface area contributed by atoms with Crippen molar-refractivity contribution in [1.82, 2.24) is 4.98 Å². The molecule has 0 bridgehead atoms. The molecule has 1 aromatic heterocycles. The predicted octanol–water partition coefficient (Wildman–Crippen LogP) is 4.14. The van der Waals surface area contributed by atoms with Gasteiger partial charge in [-0.3, -0.25) is 0 Å². The summed E-state index contributed by atoms with van der Waals surface area (Å²) in [5, 5.41) is 0.648. The van der Waals surface area contributed by atoms with Crippen molar-refractivity contribution in [2.45, 2.75) is 5.88 Å². The molecule has 0 atom stereocenters. The minimum atomic E-state index is 0.400. The topological polar surface area (TPSA) is 12.9 Å². The van der Waals surface area contributed by atoms with Crippen molar-refractivity contribution in [3.8, 4) is 11.3 Å². The predicted molar refractivity (Wildman–Crippen MR) is 64.2 cm³/mol. The second-order valence-corrected chi connectivity index (χ2v) is 3.81.